The van der Waals surface area contributed by atoms with Crippen molar-refractivity contribution in [2.24, 2.45) is 0 Å². The summed E-state index contributed by atoms with van der Waals surface area (Å²) >= 11 is 11.7. The lowest BCUT2D eigenvalue weighted by molar-refractivity contribution is 0.336. The lowest BCUT2D eigenvalue weighted by Crippen LogP contribution is -2.25. The first-order valence-electron chi connectivity index (χ1n) is 6.13. The van der Waals surface area contributed by atoms with Crippen molar-refractivity contribution in [1.82, 2.24) is 19.7 Å². The largest absolute Gasteiger partial charge is 0.467 e. The molecule has 1 N–H and O–H groups in total. The number of hydrogen-bond acceptors (Lipinski definition) is 7. The first-order valence-corrected chi connectivity index (χ1v) is 8.37. The highest BCUT2D eigenvalue weighted by molar-refractivity contribution is 7.89. The molecule has 0 saturated carbocycles. The van der Waals surface area contributed by atoms with Crippen molar-refractivity contribution in [2.45, 2.75) is 11.4 Å². The summed E-state index contributed by atoms with van der Waals surface area (Å²) in [5.74, 6) is 0.121. The Kier molecular flexibility index (Phi) is 5.58. The van der Waals surface area contributed by atoms with E-state index in [9.17, 15) is 8.42 Å². The molecule has 2 rings (SSSR count). The van der Waals surface area contributed by atoms with E-state index < -0.39 is 10.0 Å². The van der Waals surface area contributed by atoms with Gasteiger partial charge in [-0.25, -0.2) is 13.1 Å². The van der Waals surface area contributed by atoms with Crippen LogP contribution in [0.5, 0.6) is 12.0 Å². The van der Waals surface area contributed by atoms with E-state index in [1.165, 1.54) is 32.4 Å². The van der Waals surface area contributed by atoms with Gasteiger partial charge in [0.25, 0.3) is 0 Å². The Hall–Kier alpha value is -1.68. The Balaban J connectivity index is 2.24. The predicted octanol–water partition coefficient (Wildman–Crippen LogP) is 1.67. The summed E-state index contributed by atoms with van der Waals surface area (Å²) < 4.78 is 36.7. The molecule has 8 nitrogen and oxygen atoms in total. The van der Waals surface area contributed by atoms with E-state index in [1.54, 1.807) is 0 Å². The fourth-order valence-corrected chi connectivity index (χ4v) is 3.30. The minimum absolute atomic E-state index is 0.00633. The molecule has 0 spiro atoms. The molecule has 0 bridgehead atoms. The third-order valence-electron chi connectivity index (χ3n) is 2.61. The fraction of sp³-hybridized carbons (Fsp3) is 0.250. The first-order chi connectivity index (χ1) is 10.9. The van der Waals surface area contributed by atoms with E-state index in [0.717, 1.165) is 0 Å². The third kappa shape index (κ3) is 4.41. The minimum Gasteiger partial charge on any atom is -0.467 e. The molecule has 0 aliphatic heterocycles. The van der Waals surface area contributed by atoms with Crippen LogP contribution in [0.25, 0.3) is 0 Å². The summed E-state index contributed by atoms with van der Waals surface area (Å²) in [6.07, 6.45) is 0. The summed E-state index contributed by atoms with van der Waals surface area (Å²) in [6.45, 7) is -0.208. The van der Waals surface area contributed by atoms with Crippen LogP contribution in [-0.4, -0.2) is 37.6 Å². The van der Waals surface area contributed by atoms with E-state index in [2.05, 4.69) is 19.7 Å². The predicted molar refractivity (Wildman–Crippen MR) is 83.4 cm³/mol. The average molecular weight is 379 g/mol. The summed E-state index contributed by atoms with van der Waals surface area (Å²) in [5, 5.41) is 0.297. The molecule has 0 aliphatic rings. The molecule has 23 heavy (non-hydrogen) atoms. The Morgan fingerprint density at radius 3 is 2.26 bits per heavy atom. The van der Waals surface area contributed by atoms with E-state index in [4.69, 9.17) is 32.7 Å². The van der Waals surface area contributed by atoms with Crippen molar-refractivity contribution < 1.29 is 17.9 Å². The summed E-state index contributed by atoms with van der Waals surface area (Å²) in [7, 11) is -1.16. The second-order valence-electron chi connectivity index (χ2n) is 4.12. The Morgan fingerprint density at radius 2 is 1.70 bits per heavy atom. The van der Waals surface area contributed by atoms with E-state index in [0.29, 0.717) is 0 Å². The maximum atomic E-state index is 12.3. The average Bonchev–Trinajstić information content (AvgIpc) is 2.54. The van der Waals surface area contributed by atoms with Crippen LogP contribution in [0, 0.1) is 0 Å². The molecule has 0 aliphatic carbocycles. The highest BCUT2D eigenvalue weighted by Crippen LogP contribution is 2.24. The van der Waals surface area contributed by atoms with Gasteiger partial charge < -0.3 is 9.47 Å². The lowest BCUT2D eigenvalue weighted by atomic mass is 10.4. The molecule has 0 radical (unpaired) electrons. The molecule has 0 unspecified atom stereocenters. The molecule has 1 aromatic carbocycles. The highest BCUT2D eigenvalue weighted by Gasteiger charge is 2.19. The van der Waals surface area contributed by atoms with Crippen molar-refractivity contribution in [3.8, 4) is 12.0 Å². The van der Waals surface area contributed by atoms with E-state index in [1.807, 2.05) is 0 Å². The van der Waals surface area contributed by atoms with Gasteiger partial charge in [0.15, 0.2) is 5.82 Å². The van der Waals surface area contributed by atoms with Crippen LogP contribution in [0.2, 0.25) is 10.0 Å². The van der Waals surface area contributed by atoms with Crippen molar-refractivity contribution in [2.75, 3.05) is 14.2 Å². The lowest BCUT2D eigenvalue weighted by Gasteiger charge is -2.09. The zero-order valence-corrected chi connectivity index (χ0v) is 14.4. The minimum atomic E-state index is -3.90. The smallest absolute Gasteiger partial charge is 0.322 e. The van der Waals surface area contributed by atoms with Gasteiger partial charge in [-0.2, -0.15) is 9.97 Å². The number of methoxy groups -OCH3 is 2. The molecular weight excluding hydrogens is 367 g/mol. The van der Waals surface area contributed by atoms with Gasteiger partial charge in [-0.1, -0.05) is 23.2 Å². The van der Waals surface area contributed by atoms with Gasteiger partial charge in [-0.15, -0.1) is 4.98 Å². The number of aromatic nitrogens is 3. The number of sulfonamides is 1. The fourth-order valence-electron chi connectivity index (χ4n) is 1.56. The summed E-state index contributed by atoms with van der Waals surface area (Å²) in [6, 6.07) is 4.15. The van der Waals surface area contributed by atoms with Crippen molar-refractivity contribution >= 4 is 33.2 Å². The van der Waals surface area contributed by atoms with Crippen LogP contribution >= 0.6 is 23.2 Å². The van der Waals surface area contributed by atoms with Gasteiger partial charge >= 0.3 is 12.0 Å². The second kappa shape index (κ2) is 7.26. The number of hydrogen-bond donors (Lipinski definition) is 1. The van der Waals surface area contributed by atoms with Crippen LogP contribution < -0.4 is 14.2 Å². The molecule has 2 aromatic rings. The molecule has 0 fully saturated rings. The zero-order chi connectivity index (χ0) is 17.0. The summed E-state index contributed by atoms with van der Waals surface area (Å²) in [5.41, 5.74) is 0. The number of benzene rings is 1. The first kappa shape index (κ1) is 17.7. The topological polar surface area (TPSA) is 103 Å². The molecular formula is C12H12Cl2N4O4S. The Labute approximate surface area is 142 Å². The monoisotopic (exact) mass is 378 g/mol. The van der Waals surface area contributed by atoms with Crippen molar-refractivity contribution in [3.63, 3.8) is 0 Å². The molecule has 0 amide bonds. The Bertz CT molecular complexity index is 794. The standard InChI is InChI=1S/C12H12Cl2N4O4S/c1-21-11-16-10(17-12(18-11)22-2)6-15-23(19,20)9-5-7(13)3-4-8(9)14/h3-5,15H,6H2,1-2H3. The van der Waals surface area contributed by atoms with Crippen molar-refractivity contribution in [3.05, 3.63) is 34.1 Å². The zero-order valence-electron chi connectivity index (χ0n) is 12.1. The van der Waals surface area contributed by atoms with Gasteiger partial charge in [-0.05, 0) is 18.2 Å². The quantitative estimate of drug-likeness (QED) is 0.814. The van der Waals surface area contributed by atoms with Gasteiger partial charge in [-0.3, -0.25) is 0 Å². The normalized spacial score (nSPS) is 11.3. The second-order valence-corrected chi connectivity index (χ2v) is 6.70. The number of halogens is 2. The van der Waals surface area contributed by atoms with Gasteiger partial charge in [0.2, 0.25) is 10.0 Å². The van der Waals surface area contributed by atoms with Gasteiger partial charge in [0.05, 0.1) is 25.8 Å². The Morgan fingerprint density at radius 1 is 1.09 bits per heavy atom. The molecule has 0 saturated heterocycles. The van der Waals surface area contributed by atoms with E-state index >= 15 is 0 Å². The molecule has 0 atom stereocenters. The molecule has 11 heteroatoms. The van der Waals surface area contributed by atoms with Gasteiger partial charge in [0, 0.05) is 5.02 Å². The third-order valence-corrected chi connectivity index (χ3v) is 4.73. The van der Waals surface area contributed by atoms with E-state index in [-0.39, 0.29) is 39.3 Å². The number of nitrogens with zero attached hydrogens (tertiary/aromatic N) is 3. The van der Waals surface area contributed by atoms with Crippen LogP contribution in [0.15, 0.2) is 23.1 Å². The maximum absolute atomic E-state index is 12.3. The molecule has 124 valence electrons. The summed E-state index contributed by atoms with van der Waals surface area (Å²) in [4.78, 5) is 11.5. The van der Waals surface area contributed by atoms with Crippen LogP contribution in [-0.2, 0) is 16.6 Å². The van der Waals surface area contributed by atoms with Crippen LogP contribution in [0.4, 0.5) is 0 Å². The SMILES string of the molecule is COc1nc(CNS(=O)(=O)c2cc(Cl)ccc2Cl)nc(OC)n1. The van der Waals surface area contributed by atoms with Crippen LogP contribution in [0.1, 0.15) is 5.82 Å². The van der Waals surface area contributed by atoms with Gasteiger partial charge in [0.1, 0.15) is 4.90 Å². The highest BCUT2D eigenvalue weighted by atomic mass is 35.5. The number of rotatable bonds is 6. The van der Waals surface area contributed by atoms with Crippen molar-refractivity contribution in [1.29, 1.82) is 0 Å². The molecule has 1 aromatic heterocycles. The number of ether oxygens (including phenoxy) is 2. The number of nitrogens with one attached hydrogen (secondary N) is 1. The maximum Gasteiger partial charge on any atom is 0.322 e. The van der Waals surface area contributed by atoms with Crippen LogP contribution in [0.3, 0.4) is 0 Å². The molecule has 1 heterocycles.